The number of aromatic nitrogens is 2. The summed E-state index contributed by atoms with van der Waals surface area (Å²) in [6.07, 6.45) is 5.67. The van der Waals surface area contributed by atoms with Crippen molar-refractivity contribution in [2.75, 3.05) is 11.9 Å². The number of imidazole rings is 1. The number of nitrogens with zero attached hydrogens (tertiary/aromatic N) is 2. The van der Waals surface area contributed by atoms with Gasteiger partial charge < -0.3 is 14.6 Å². The number of hydrogen-bond acceptors (Lipinski definition) is 3. The summed E-state index contributed by atoms with van der Waals surface area (Å²) in [6.45, 7) is 2.47. The fraction of sp³-hybridized carbons (Fsp3) is 0.412. The minimum Gasteiger partial charge on any atom is -0.368 e. The first kappa shape index (κ1) is 14.8. The van der Waals surface area contributed by atoms with Gasteiger partial charge in [0.15, 0.2) is 0 Å². The molecule has 0 radical (unpaired) electrons. The van der Waals surface area contributed by atoms with E-state index < -0.39 is 6.10 Å². The van der Waals surface area contributed by atoms with Crippen LogP contribution >= 0.6 is 0 Å². The summed E-state index contributed by atoms with van der Waals surface area (Å²) in [5, 5.41) is 2.91. The van der Waals surface area contributed by atoms with Crippen LogP contribution in [-0.2, 0) is 16.6 Å². The van der Waals surface area contributed by atoms with Crippen LogP contribution in [-0.4, -0.2) is 28.2 Å². The lowest BCUT2D eigenvalue weighted by atomic mass is 10.2. The highest BCUT2D eigenvalue weighted by molar-refractivity contribution is 5.94. The summed E-state index contributed by atoms with van der Waals surface area (Å²) in [5.74, 6) is 1.41. The van der Waals surface area contributed by atoms with E-state index in [1.54, 1.807) is 13.1 Å². The quantitative estimate of drug-likeness (QED) is 0.892. The van der Waals surface area contributed by atoms with Gasteiger partial charge in [-0.05, 0) is 37.8 Å². The minimum absolute atomic E-state index is 0.113. The van der Waals surface area contributed by atoms with E-state index in [9.17, 15) is 4.79 Å². The molecule has 5 nitrogen and oxygen atoms in total. The third kappa shape index (κ3) is 3.54. The van der Waals surface area contributed by atoms with E-state index in [1.165, 1.54) is 12.8 Å². The maximum absolute atomic E-state index is 12.2. The van der Waals surface area contributed by atoms with Crippen molar-refractivity contribution in [3.63, 3.8) is 0 Å². The molecule has 116 valence electrons. The molecule has 1 aromatic heterocycles. The second-order valence-electron chi connectivity index (χ2n) is 5.85. The first-order valence-electron chi connectivity index (χ1n) is 7.63. The summed E-state index contributed by atoms with van der Waals surface area (Å²) >= 11 is 0. The molecule has 1 amide bonds. The normalized spacial score (nSPS) is 15.5. The highest BCUT2D eigenvalue weighted by atomic mass is 16.5. The van der Waals surface area contributed by atoms with Crippen LogP contribution in [0.15, 0.2) is 36.7 Å². The second-order valence-corrected chi connectivity index (χ2v) is 5.85. The molecule has 1 aliphatic carbocycles. The van der Waals surface area contributed by atoms with E-state index in [0.717, 1.165) is 17.1 Å². The predicted octanol–water partition coefficient (Wildman–Crippen LogP) is 2.84. The molecule has 0 saturated heterocycles. The lowest BCUT2D eigenvalue weighted by Crippen LogP contribution is -2.28. The number of carbonyl (C=O) groups excluding carboxylic acids is 1. The molecule has 1 saturated carbocycles. The number of aryl methyl sites for hydroxylation is 1. The van der Waals surface area contributed by atoms with Crippen molar-refractivity contribution < 1.29 is 9.53 Å². The minimum atomic E-state index is -0.433. The summed E-state index contributed by atoms with van der Waals surface area (Å²) in [4.78, 5) is 16.5. The van der Waals surface area contributed by atoms with Crippen LogP contribution in [0.5, 0.6) is 0 Å². The van der Waals surface area contributed by atoms with E-state index >= 15 is 0 Å². The maximum Gasteiger partial charge on any atom is 0.253 e. The number of hydrogen-bond donors (Lipinski definition) is 1. The van der Waals surface area contributed by atoms with Gasteiger partial charge in [0.1, 0.15) is 11.9 Å². The molecule has 0 spiro atoms. The molecule has 1 unspecified atom stereocenters. The monoisotopic (exact) mass is 299 g/mol. The van der Waals surface area contributed by atoms with E-state index in [2.05, 4.69) is 10.3 Å². The van der Waals surface area contributed by atoms with Crippen molar-refractivity contribution in [3.8, 4) is 11.4 Å². The van der Waals surface area contributed by atoms with Crippen LogP contribution in [0, 0.1) is 5.92 Å². The van der Waals surface area contributed by atoms with E-state index in [0.29, 0.717) is 12.5 Å². The number of carbonyl (C=O) groups is 1. The Kier molecular flexibility index (Phi) is 4.24. The van der Waals surface area contributed by atoms with Crippen molar-refractivity contribution in [2.24, 2.45) is 13.0 Å². The first-order valence-corrected chi connectivity index (χ1v) is 7.63. The molecule has 1 fully saturated rings. The highest BCUT2D eigenvalue weighted by Crippen LogP contribution is 2.29. The van der Waals surface area contributed by atoms with Crippen molar-refractivity contribution in [3.05, 3.63) is 36.7 Å². The maximum atomic E-state index is 12.2. The molecule has 0 aliphatic heterocycles. The molecular formula is C17H21N3O2. The average molecular weight is 299 g/mol. The van der Waals surface area contributed by atoms with Crippen LogP contribution in [0.1, 0.15) is 19.8 Å². The molecule has 1 aliphatic rings. The number of nitrogens with one attached hydrogen (secondary N) is 1. The van der Waals surface area contributed by atoms with Gasteiger partial charge in [-0.25, -0.2) is 4.98 Å². The molecule has 0 bridgehead atoms. The second kappa shape index (κ2) is 6.32. The van der Waals surface area contributed by atoms with Crippen LogP contribution in [0.2, 0.25) is 0 Å². The van der Waals surface area contributed by atoms with E-state index in [-0.39, 0.29) is 5.91 Å². The number of ether oxygens (including phenoxy) is 1. The van der Waals surface area contributed by atoms with E-state index in [4.69, 9.17) is 4.74 Å². The van der Waals surface area contributed by atoms with Crippen molar-refractivity contribution in [1.82, 2.24) is 9.55 Å². The van der Waals surface area contributed by atoms with Gasteiger partial charge in [-0.15, -0.1) is 0 Å². The molecule has 1 N–H and O–H groups in total. The summed E-state index contributed by atoms with van der Waals surface area (Å²) in [6, 6.07) is 7.69. The van der Waals surface area contributed by atoms with Gasteiger partial charge in [0, 0.05) is 30.7 Å². The highest BCUT2D eigenvalue weighted by Gasteiger charge is 2.24. The Bertz CT molecular complexity index is 661. The standard InChI is InChI=1S/C17H21N3O2/c1-12(22-11-13-6-7-13)17(21)19-15-5-3-4-14(10-15)16-18-8-9-20(16)2/h3-5,8-10,12-13H,6-7,11H2,1-2H3,(H,19,21). The first-order chi connectivity index (χ1) is 10.6. The van der Waals surface area contributed by atoms with Crippen molar-refractivity contribution in [1.29, 1.82) is 0 Å². The third-order valence-corrected chi connectivity index (χ3v) is 3.86. The fourth-order valence-electron chi connectivity index (χ4n) is 2.26. The van der Waals surface area contributed by atoms with Gasteiger partial charge in [-0.2, -0.15) is 0 Å². The lowest BCUT2D eigenvalue weighted by molar-refractivity contribution is -0.126. The average Bonchev–Trinajstić information content (AvgIpc) is 3.25. The van der Waals surface area contributed by atoms with Crippen molar-refractivity contribution in [2.45, 2.75) is 25.9 Å². The fourth-order valence-corrected chi connectivity index (χ4v) is 2.26. The van der Waals surface area contributed by atoms with Gasteiger partial charge in [0.25, 0.3) is 5.91 Å². The van der Waals surface area contributed by atoms with Gasteiger partial charge in [-0.3, -0.25) is 4.79 Å². The Labute approximate surface area is 130 Å². The number of rotatable bonds is 6. The van der Waals surface area contributed by atoms with Gasteiger partial charge >= 0.3 is 0 Å². The smallest absolute Gasteiger partial charge is 0.253 e. The Balaban J connectivity index is 1.64. The molecule has 2 aromatic rings. The van der Waals surface area contributed by atoms with Gasteiger partial charge in [0.05, 0.1) is 6.61 Å². The largest absolute Gasteiger partial charge is 0.368 e. The zero-order valence-corrected chi connectivity index (χ0v) is 13.0. The Morgan fingerprint density at radius 3 is 3.00 bits per heavy atom. The summed E-state index contributed by atoms with van der Waals surface area (Å²) in [7, 11) is 1.95. The molecule has 1 atom stereocenters. The van der Waals surface area contributed by atoms with Crippen LogP contribution in [0.3, 0.4) is 0 Å². The SMILES string of the molecule is CC(OCC1CC1)C(=O)Nc1cccc(-c2nccn2C)c1. The van der Waals surface area contributed by atoms with Crippen LogP contribution in [0.25, 0.3) is 11.4 Å². The number of benzene rings is 1. The summed E-state index contributed by atoms with van der Waals surface area (Å²) < 4.78 is 7.54. The zero-order chi connectivity index (χ0) is 15.5. The number of amides is 1. The third-order valence-electron chi connectivity index (χ3n) is 3.86. The molecule has 1 heterocycles. The molecule has 1 aromatic carbocycles. The predicted molar refractivity (Wildman–Crippen MR) is 85.4 cm³/mol. The van der Waals surface area contributed by atoms with Crippen molar-refractivity contribution >= 4 is 11.6 Å². The lowest BCUT2D eigenvalue weighted by Gasteiger charge is -2.13. The Hall–Kier alpha value is -2.14. The van der Waals surface area contributed by atoms with Crippen LogP contribution < -0.4 is 5.32 Å². The topological polar surface area (TPSA) is 56.1 Å². The van der Waals surface area contributed by atoms with Gasteiger partial charge in [-0.1, -0.05) is 12.1 Å². The zero-order valence-electron chi connectivity index (χ0n) is 13.0. The Morgan fingerprint density at radius 1 is 1.50 bits per heavy atom. The molecular weight excluding hydrogens is 278 g/mol. The van der Waals surface area contributed by atoms with Crippen LogP contribution in [0.4, 0.5) is 5.69 Å². The van der Waals surface area contributed by atoms with E-state index in [1.807, 2.05) is 42.1 Å². The summed E-state index contributed by atoms with van der Waals surface area (Å²) in [5.41, 5.74) is 1.73. The Morgan fingerprint density at radius 2 is 2.32 bits per heavy atom. The number of anilines is 1. The van der Waals surface area contributed by atoms with Gasteiger partial charge in [0.2, 0.25) is 0 Å². The molecule has 5 heteroatoms. The molecule has 22 heavy (non-hydrogen) atoms. The molecule has 3 rings (SSSR count).